The highest BCUT2D eigenvalue weighted by Gasteiger charge is 2.57. The van der Waals surface area contributed by atoms with Crippen LogP contribution < -0.4 is 10.6 Å². The fraction of sp³-hybridized carbons (Fsp3) is 0.686. The fourth-order valence-electron chi connectivity index (χ4n) is 8.07. The highest BCUT2D eigenvalue weighted by atomic mass is 16.5. The van der Waals surface area contributed by atoms with E-state index in [1.54, 1.807) is 0 Å². The van der Waals surface area contributed by atoms with Crippen LogP contribution in [0.25, 0.3) is 5.57 Å². The van der Waals surface area contributed by atoms with E-state index in [1.165, 1.54) is 42.4 Å². The van der Waals surface area contributed by atoms with Gasteiger partial charge in [-0.2, -0.15) is 0 Å². The maximum atomic E-state index is 12.5. The molecule has 4 aliphatic carbocycles. The molecular formula is C35H61N3O3. The van der Waals surface area contributed by atoms with E-state index in [0.717, 1.165) is 25.7 Å². The van der Waals surface area contributed by atoms with Crippen LogP contribution >= 0.6 is 0 Å². The summed E-state index contributed by atoms with van der Waals surface area (Å²) >= 11 is 0. The molecule has 6 atom stereocenters. The van der Waals surface area contributed by atoms with Crippen LogP contribution in [0.2, 0.25) is 0 Å². The van der Waals surface area contributed by atoms with Gasteiger partial charge in [-0.15, -0.1) is 0 Å². The normalized spacial score (nSPS) is 32.2. The van der Waals surface area contributed by atoms with Crippen molar-refractivity contribution in [2.45, 2.75) is 111 Å². The van der Waals surface area contributed by atoms with Gasteiger partial charge >= 0.3 is 5.97 Å². The molecule has 6 heteroatoms. The Hall–Kier alpha value is -2.47. The molecule has 0 aromatic carbocycles. The Morgan fingerprint density at radius 1 is 1.05 bits per heavy atom. The Bertz CT molecular complexity index is 1160. The van der Waals surface area contributed by atoms with Crippen molar-refractivity contribution in [1.82, 2.24) is 15.6 Å². The summed E-state index contributed by atoms with van der Waals surface area (Å²) in [5.74, 6) is 1.53. The summed E-state index contributed by atoms with van der Waals surface area (Å²) in [5.41, 5.74) is 4.56. The number of carbonyl (C=O) groups excluding carboxylic acids is 2. The molecule has 4 aliphatic rings. The second-order valence-electron chi connectivity index (χ2n) is 14.3. The summed E-state index contributed by atoms with van der Waals surface area (Å²) in [5, 5.41) is 5.82. The molecule has 1 aromatic heterocycles. The number of rotatable bonds is 6. The number of esters is 1. The van der Waals surface area contributed by atoms with Crippen molar-refractivity contribution in [3.05, 3.63) is 47.8 Å². The fourth-order valence-corrected chi connectivity index (χ4v) is 8.07. The smallest absolute Gasteiger partial charge is 0.325 e. The summed E-state index contributed by atoms with van der Waals surface area (Å²) in [6.07, 6.45) is 17.6. The molecule has 0 bridgehead atoms. The number of aromatic nitrogens is 1. The quantitative estimate of drug-likeness (QED) is 0.268. The molecule has 0 aliphatic heterocycles. The van der Waals surface area contributed by atoms with Gasteiger partial charge in [-0.1, -0.05) is 57.9 Å². The average Bonchev–Trinajstić information content (AvgIpc) is 3.29. The van der Waals surface area contributed by atoms with Crippen molar-refractivity contribution in [3.63, 3.8) is 0 Å². The van der Waals surface area contributed by atoms with Gasteiger partial charge in [0.1, 0.15) is 12.6 Å². The molecule has 1 heterocycles. The van der Waals surface area contributed by atoms with Crippen molar-refractivity contribution < 1.29 is 20.0 Å². The number of ether oxygens (including phenoxy) is 1. The summed E-state index contributed by atoms with van der Waals surface area (Å²) in [6.45, 7) is 15.3. The number of carbonyl (C=O) groups is 2. The van der Waals surface area contributed by atoms with E-state index < -0.39 is 0 Å². The minimum atomic E-state index is -0.342. The van der Waals surface area contributed by atoms with Crippen LogP contribution in [0.3, 0.4) is 0 Å². The van der Waals surface area contributed by atoms with Crippen LogP contribution in [0, 0.1) is 28.6 Å². The van der Waals surface area contributed by atoms with Crippen molar-refractivity contribution >= 4 is 17.4 Å². The van der Waals surface area contributed by atoms with Crippen LogP contribution in [0.5, 0.6) is 0 Å². The molecule has 2 saturated carbocycles. The Balaban J connectivity index is 0.00000266. The van der Waals surface area contributed by atoms with E-state index in [9.17, 15) is 9.59 Å². The van der Waals surface area contributed by atoms with Gasteiger partial charge in [0.2, 0.25) is 5.91 Å². The lowest BCUT2D eigenvalue weighted by molar-refractivity contribution is -0.151. The second-order valence-corrected chi connectivity index (χ2v) is 14.3. The van der Waals surface area contributed by atoms with Gasteiger partial charge < -0.3 is 15.4 Å². The number of nitrogens with zero attached hydrogens (tertiary/aromatic N) is 1. The Labute approximate surface area is 254 Å². The molecule has 0 spiro atoms. The number of nitrogens with one attached hydrogen (secondary N) is 2. The Kier molecular flexibility index (Phi) is 9.83. The first-order chi connectivity index (χ1) is 19.4. The maximum absolute atomic E-state index is 12.5. The van der Waals surface area contributed by atoms with Crippen LogP contribution in [0.4, 0.5) is 0 Å². The zero-order valence-corrected chi connectivity index (χ0v) is 26.5. The molecule has 0 radical (unpaired) electrons. The zero-order valence-electron chi connectivity index (χ0n) is 26.5. The molecule has 2 N–H and O–H groups in total. The van der Waals surface area contributed by atoms with Crippen molar-refractivity contribution in [2.75, 3.05) is 13.1 Å². The monoisotopic (exact) mass is 571 g/mol. The number of allylic oxidation sites excluding steroid dienone is 3. The van der Waals surface area contributed by atoms with Crippen molar-refractivity contribution in [1.29, 1.82) is 0 Å². The van der Waals surface area contributed by atoms with Crippen LogP contribution in [-0.2, 0) is 14.3 Å². The minimum absolute atomic E-state index is 0. The summed E-state index contributed by atoms with van der Waals surface area (Å²) in [4.78, 5) is 29.0. The third-order valence-corrected chi connectivity index (χ3v) is 10.1. The first-order valence-electron chi connectivity index (χ1n) is 15.9. The molecule has 1 aromatic rings. The largest absolute Gasteiger partial charge is 0.461 e. The van der Waals surface area contributed by atoms with Gasteiger partial charge in [-0.25, -0.2) is 0 Å². The van der Waals surface area contributed by atoms with Gasteiger partial charge in [-0.3, -0.25) is 14.6 Å². The topological polar surface area (TPSA) is 80.3 Å². The predicted octanol–water partition coefficient (Wildman–Crippen LogP) is 7.85. The van der Waals surface area contributed by atoms with E-state index in [2.05, 4.69) is 67.6 Å². The summed E-state index contributed by atoms with van der Waals surface area (Å²) in [7, 11) is 0. The first kappa shape index (κ1) is 31.5. The predicted molar refractivity (Wildman–Crippen MR) is 174 cm³/mol. The lowest BCUT2D eigenvalue weighted by Crippen LogP contribution is -2.50. The van der Waals surface area contributed by atoms with E-state index >= 15 is 0 Å². The molecule has 1 amide bonds. The van der Waals surface area contributed by atoms with Crippen molar-refractivity contribution in [3.8, 4) is 0 Å². The van der Waals surface area contributed by atoms with Gasteiger partial charge in [0.25, 0.3) is 0 Å². The van der Waals surface area contributed by atoms with Crippen molar-refractivity contribution in [2.24, 2.45) is 28.6 Å². The SMILES string of the molecule is CC(C)(C)NCC(=O)NCC(=O)O[C@H]1CC[C@@]2(C)C(=CC[C@@H]3C2CC[C@]2(C)C(c4cccnc4)=CCC32)C1.CCC.[HH].[HH].[HH].[HH]. The van der Waals surface area contributed by atoms with Gasteiger partial charge in [-0.05, 0) is 105 Å². The highest BCUT2D eigenvalue weighted by molar-refractivity contribution is 5.83. The third kappa shape index (κ3) is 6.96. The number of amides is 1. The van der Waals surface area contributed by atoms with Crippen LogP contribution in [0.15, 0.2) is 42.3 Å². The molecule has 6 nitrogen and oxygen atoms in total. The Morgan fingerprint density at radius 3 is 2.46 bits per heavy atom. The van der Waals surface area contributed by atoms with E-state index in [4.69, 9.17) is 4.74 Å². The lowest BCUT2D eigenvalue weighted by atomic mass is 9.47. The van der Waals surface area contributed by atoms with E-state index in [1.807, 2.05) is 33.2 Å². The number of fused-ring (bicyclic) bond motifs is 5. The van der Waals surface area contributed by atoms with Crippen LogP contribution in [-0.4, -0.2) is 41.6 Å². The van der Waals surface area contributed by atoms with Gasteiger partial charge in [0, 0.05) is 30.1 Å². The average molecular weight is 572 g/mol. The summed E-state index contributed by atoms with van der Waals surface area (Å²) < 4.78 is 5.84. The van der Waals surface area contributed by atoms with Crippen LogP contribution in [0.1, 0.15) is 111 Å². The molecule has 0 saturated heterocycles. The lowest BCUT2D eigenvalue weighted by Gasteiger charge is -2.57. The van der Waals surface area contributed by atoms with E-state index in [0.29, 0.717) is 17.8 Å². The maximum Gasteiger partial charge on any atom is 0.325 e. The third-order valence-electron chi connectivity index (χ3n) is 10.1. The molecule has 234 valence electrons. The highest BCUT2D eigenvalue weighted by Crippen LogP contribution is 2.66. The second kappa shape index (κ2) is 12.8. The van der Waals surface area contributed by atoms with E-state index in [-0.39, 0.29) is 53.1 Å². The van der Waals surface area contributed by atoms with Gasteiger partial charge in [0.05, 0.1) is 6.54 Å². The standard InChI is InChI=1S/C32H45N3O3.C3H8.4H2/c1-30(2,3)35-19-28(36)34-20-29(37)38-23-12-14-31(4)22(17-23)8-9-24-26-11-10-25(21-7-6-16-33-18-21)32(26,5)15-13-27(24)31;1-3-2;;;;/h6-8,10,16,18,23-24,26-27,35H,9,11-15,17,19-20H2,1-5H3,(H,34,36);3H2,1-2H3;4*1H/t23-,24-,26?,27?,31-,32+;;;;;/m0...../s1. The van der Waals surface area contributed by atoms with Gasteiger partial charge in [0.15, 0.2) is 0 Å². The molecule has 41 heavy (non-hydrogen) atoms. The number of hydrogen-bond acceptors (Lipinski definition) is 5. The zero-order chi connectivity index (χ0) is 29.8. The molecule has 2 unspecified atom stereocenters. The Morgan fingerprint density at radius 2 is 1.78 bits per heavy atom. The molecular weight excluding hydrogens is 510 g/mol. The molecule has 5 rings (SSSR count). The number of hydrogen-bond donors (Lipinski definition) is 2. The summed E-state index contributed by atoms with van der Waals surface area (Å²) in [6, 6.07) is 4.27. The number of pyridine rings is 1. The molecule has 2 fully saturated rings. The first-order valence-corrected chi connectivity index (χ1v) is 15.9. The minimum Gasteiger partial charge on any atom is -0.461 e.